The normalized spacial score (nSPS) is 12.3. The lowest BCUT2D eigenvalue weighted by Gasteiger charge is -2.11. The van der Waals surface area contributed by atoms with Crippen molar-refractivity contribution in [2.24, 2.45) is 5.73 Å². The zero-order valence-electron chi connectivity index (χ0n) is 11.8. The molecule has 0 aliphatic heterocycles. The number of carbonyl (C=O) groups excluding carboxylic acids is 1. The van der Waals surface area contributed by atoms with E-state index in [0.717, 1.165) is 25.2 Å². The number of amides is 1. The molecule has 1 rings (SSSR count). The number of pyridine rings is 1. The van der Waals surface area contributed by atoms with Gasteiger partial charge in [-0.2, -0.15) is 0 Å². The molecular formula is C13H23N5O. The molecular weight excluding hydrogens is 242 g/mol. The van der Waals surface area contributed by atoms with Crippen LogP contribution in [0.3, 0.4) is 0 Å². The third kappa shape index (κ3) is 6.17. The van der Waals surface area contributed by atoms with Crippen LogP contribution in [0.5, 0.6) is 0 Å². The minimum absolute atomic E-state index is 0.237. The average molecular weight is 265 g/mol. The van der Waals surface area contributed by atoms with Crippen molar-refractivity contribution in [2.75, 3.05) is 37.8 Å². The molecule has 0 fully saturated rings. The molecule has 1 atom stereocenters. The standard InChI is InChI=1S/C13H23N5O/c1-10(14)13(19)17-12-6-5-11(9-16-12)15-7-4-8-18(2)3/h5-6,9-10,15H,4,7-8,14H2,1-3H3,(H,16,17,19). The van der Waals surface area contributed by atoms with Gasteiger partial charge in [-0.15, -0.1) is 0 Å². The zero-order valence-corrected chi connectivity index (χ0v) is 11.8. The second-order valence-corrected chi connectivity index (χ2v) is 4.79. The molecule has 0 saturated heterocycles. The number of nitrogens with one attached hydrogen (secondary N) is 2. The Morgan fingerprint density at radius 1 is 1.47 bits per heavy atom. The van der Waals surface area contributed by atoms with Gasteiger partial charge in [0.15, 0.2) is 0 Å². The Labute approximate surface area is 114 Å². The van der Waals surface area contributed by atoms with Crippen molar-refractivity contribution >= 4 is 17.4 Å². The van der Waals surface area contributed by atoms with Crippen molar-refractivity contribution in [3.05, 3.63) is 18.3 Å². The van der Waals surface area contributed by atoms with Gasteiger partial charge >= 0.3 is 0 Å². The second-order valence-electron chi connectivity index (χ2n) is 4.79. The minimum Gasteiger partial charge on any atom is -0.384 e. The number of anilines is 2. The molecule has 6 nitrogen and oxygen atoms in total. The number of nitrogens with zero attached hydrogens (tertiary/aromatic N) is 2. The molecule has 106 valence electrons. The molecule has 1 unspecified atom stereocenters. The lowest BCUT2D eigenvalue weighted by atomic mass is 10.3. The van der Waals surface area contributed by atoms with Gasteiger partial charge in [-0.25, -0.2) is 4.98 Å². The Hall–Kier alpha value is -1.66. The van der Waals surface area contributed by atoms with Crippen molar-refractivity contribution in [3.63, 3.8) is 0 Å². The van der Waals surface area contributed by atoms with E-state index in [1.165, 1.54) is 0 Å². The zero-order chi connectivity index (χ0) is 14.3. The van der Waals surface area contributed by atoms with Crippen LogP contribution in [0.15, 0.2) is 18.3 Å². The topological polar surface area (TPSA) is 83.3 Å². The molecule has 4 N–H and O–H groups in total. The summed E-state index contributed by atoms with van der Waals surface area (Å²) in [6.07, 6.45) is 2.77. The van der Waals surface area contributed by atoms with Gasteiger partial charge in [-0.05, 0) is 46.1 Å². The van der Waals surface area contributed by atoms with E-state index in [1.807, 2.05) is 6.07 Å². The van der Waals surface area contributed by atoms with Crippen LogP contribution in [0.1, 0.15) is 13.3 Å². The number of nitrogens with two attached hydrogens (primary N) is 1. The highest BCUT2D eigenvalue weighted by Gasteiger charge is 2.07. The van der Waals surface area contributed by atoms with E-state index in [1.54, 1.807) is 19.2 Å². The molecule has 19 heavy (non-hydrogen) atoms. The van der Waals surface area contributed by atoms with E-state index in [4.69, 9.17) is 5.73 Å². The summed E-state index contributed by atoms with van der Waals surface area (Å²) in [6, 6.07) is 3.11. The number of rotatable bonds is 7. The first-order valence-corrected chi connectivity index (χ1v) is 6.40. The Morgan fingerprint density at radius 2 is 2.21 bits per heavy atom. The maximum atomic E-state index is 11.4. The maximum Gasteiger partial charge on any atom is 0.242 e. The van der Waals surface area contributed by atoms with E-state index in [2.05, 4.69) is 34.6 Å². The molecule has 0 aliphatic rings. The van der Waals surface area contributed by atoms with Crippen LogP contribution in [-0.4, -0.2) is 49.0 Å². The fraction of sp³-hybridized carbons (Fsp3) is 0.538. The van der Waals surface area contributed by atoms with Gasteiger partial charge in [0.05, 0.1) is 17.9 Å². The van der Waals surface area contributed by atoms with E-state index in [-0.39, 0.29) is 5.91 Å². The maximum absolute atomic E-state index is 11.4. The van der Waals surface area contributed by atoms with Crippen LogP contribution in [0, 0.1) is 0 Å². The number of carbonyl (C=O) groups is 1. The van der Waals surface area contributed by atoms with Crippen molar-refractivity contribution in [2.45, 2.75) is 19.4 Å². The van der Waals surface area contributed by atoms with Crippen molar-refractivity contribution < 1.29 is 4.79 Å². The lowest BCUT2D eigenvalue weighted by molar-refractivity contribution is -0.117. The highest BCUT2D eigenvalue weighted by atomic mass is 16.2. The fourth-order valence-corrected chi connectivity index (χ4v) is 1.44. The summed E-state index contributed by atoms with van der Waals surface area (Å²) in [5, 5.41) is 5.92. The number of hydrogen-bond acceptors (Lipinski definition) is 5. The molecule has 0 aliphatic carbocycles. The molecule has 1 aromatic rings. The highest BCUT2D eigenvalue weighted by Crippen LogP contribution is 2.09. The van der Waals surface area contributed by atoms with E-state index < -0.39 is 6.04 Å². The Balaban J connectivity index is 2.37. The number of aromatic nitrogens is 1. The van der Waals surface area contributed by atoms with Gasteiger partial charge in [0, 0.05) is 6.54 Å². The summed E-state index contributed by atoms with van der Waals surface area (Å²) in [4.78, 5) is 17.7. The first-order valence-electron chi connectivity index (χ1n) is 6.40. The largest absolute Gasteiger partial charge is 0.384 e. The van der Waals surface area contributed by atoms with E-state index in [0.29, 0.717) is 5.82 Å². The van der Waals surface area contributed by atoms with Crippen LogP contribution >= 0.6 is 0 Å². The molecule has 6 heteroatoms. The molecule has 0 bridgehead atoms. The molecule has 1 amide bonds. The Kier molecular flexibility index (Phi) is 6.24. The van der Waals surface area contributed by atoms with Crippen molar-refractivity contribution in [1.29, 1.82) is 0 Å². The molecule has 0 spiro atoms. The average Bonchev–Trinajstić information content (AvgIpc) is 2.36. The van der Waals surface area contributed by atoms with Crippen LogP contribution in [-0.2, 0) is 4.79 Å². The number of hydrogen-bond donors (Lipinski definition) is 3. The fourth-order valence-electron chi connectivity index (χ4n) is 1.44. The summed E-state index contributed by atoms with van der Waals surface area (Å²) in [6.45, 7) is 3.57. The van der Waals surface area contributed by atoms with Gasteiger partial charge in [-0.3, -0.25) is 4.79 Å². The third-order valence-electron chi connectivity index (χ3n) is 2.54. The second kappa shape index (κ2) is 7.70. The Morgan fingerprint density at radius 3 is 2.74 bits per heavy atom. The van der Waals surface area contributed by atoms with Gasteiger partial charge in [-0.1, -0.05) is 0 Å². The van der Waals surface area contributed by atoms with Crippen LogP contribution in [0.4, 0.5) is 11.5 Å². The van der Waals surface area contributed by atoms with Gasteiger partial charge < -0.3 is 21.3 Å². The van der Waals surface area contributed by atoms with E-state index in [9.17, 15) is 4.79 Å². The third-order valence-corrected chi connectivity index (χ3v) is 2.54. The summed E-state index contributed by atoms with van der Waals surface area (Å²) < 4.78 is 0. The Bertz CT molecular complexity index is 389. The summed E-state index contributed by atoms with van der Waals surface area (Å²) in [7, 11) is 4.11. The van der Waals surface area contributed by atoms with Crippen molar-refractivity contribution in [1.82, 2.24) is 9.88 Å². The monoisotopic (exact) mass is 265 g/mol. The van der Waals surface area contributed by atoms with E-state index >= 15 is 0 Å². The van der Waals surface area contributed by atoms with Crippen LogP contribution in [0.2, 0.25) is 0 Å². The molecule has 1 heterocycles. The van der Waals surface area contributed by atoms with Gasteiger partial charge in [0.25, 0.3) is 0 Å². The predicted octanol–water partition coefficient (Wildman–Crippen LogP) is 0.731. The SMILES string of the molecule is CC(N)C(=O)Nc1ccc(NCCCN(C)C)cn1. The molecule has 1 aromatic heterocycles. The first-order chi connectivity index (χ1) is 8.99. The highest BCUT2D eigenvalue weighted by molar-refractivity contribution is 5.93. The van der Waals surface area contributed by atoms with Crippen LogP contribution < -0.4 is 16.4 Å². The quantitative estimate of drug-likeness (QED) is 0.633. The van der Waals surface area contributed by atoms with Crippen LogP contribution in [0.25, 0.3) is 0 Å². The lowest BCUT2D eigenvalue weighted by Crippen LogP contribution is -2.32. The first kappa shape index (κ1) is 15.4. The smallest absolute Gasteiger partial charge is 0.242 e. The molecule has 0 radical (unpaired) electrons. The minimum atomic E-state index is -0.536. The molecule has 0 aromatic carbocycles. The summed E-state index contributed by atoms with van der Waals surface area (Å²) in [5.74, 6) is 0.278. The summed E-state index contributed by atoms with van der Waals surface area (Å²) >= 11 is 0. The van der Waals surface area contributed by atoms with Gasteiger partial charge in [0.2, 0.25) is 5.91 Å². The summed E-state index contributed by atoms with van der Waals surface area (Å²) in [5.41, 5.74) is 6.41. The molecule has 0 saturated carbocycles. The van der Waals surface area contributed by atoms with Gasteiger partial charge in [0.1, 0.15) is 5.82 Å². The van der Waals surface area contributed by atoms with Crippen molar-refractivity contribution in [3.8, 4) is 0 Å². The predicted molar refractivity (Wildman–Crippen MR) is 78.2 cm³/mol.